The molecule has 0 saturated carbocycles. The summed E-state index contributed by atoms with van der Waals surface area (Å²) in [5.41, 5.74) is 1.33. The van der Waals surface area contributed by atoms with E-state index in [9.17, 15) is 18.0 Å². The molecule has 6 nitrogen and oxygen atoms in total. The fourth-order valence-corrected chi connectivity index (χ4v) is 5.82. The topological polar surface area (TPSA) is 91.8 Å². The Morgan fingerprint density at radius 3 is 2.46 bits per heavy atom. The quantitative estimate of drug-likeness (QED) is 0.845. The van der Waals surface area contributed by atoms with E-state index in [1.54, 1.807) is 18.2 Å². The third-order valence-electron chi connectivity index (χ3n) is 5.46. The summed E-state index contributed by atoms with van der Waals surface area (Å²) >= 11 is 0. The van der Waals surface area contributed by atoms with Crippen molar-refractivity contribution in [2.24, 2.45) is 11.8 Å². The van der Waals surface area contributed by atoms with Crippen LogP contribution in [-0.4, -0.2) is 54.9 Å². The largest absolute Gasteiger partial charge is 0.478 e. The predicted octanol–water partition coefficient (Wildman–Crippen LogP) is 1.99. The maximum absolute atomic E-state index is 12.4. The maximum Gasteiger partial charge on any atom is 0.335 e. The zero-order valence-corrected chi connectivity index (χ0v) is 15.6. The van der Waals surface area contributed by atoms with Crippen LogP contribution in [0.2, 0.25) is 0 Å². The number of hydrogen-bond acceptors (Lipinski definition) is 4. The number of hydrogen-bond donors (Lipinski definition) is 1. The van der Waals surface area contributed by atoms with Gasteiger partial charge in [0.25, 0.3) is 0 Å². The summed E-state index contributed by atoms with van der Waals surface area (Å²) in [6, 6.07) is 7.04. The highest BCUT2D eigenvalue weighted by atomic mass is 32.2. The molecular weight excluding hydrogens is 354 g/mol. The lowest BCUT2D eigenvalue weighted by Gasteiger charge is -2.32. The van der Waals surface area contributed by atoms with Crippen molar-refractivity contribution in [1.82, 2.24) is 4.90 Å². The minimum Gasteiger partial charge on any atom is -0.478 e. The van der Waals surface area contributed by atoms with Gasteiger partial charge in [-0.1, -0.05) is 12.1 Å². The number of piperidine rings is 1. The molecule has 1 amide bonds. The zero-order valence-electron chi connectivity index (χ0n) is 14.8. The van der Waals surface area contributed by atoms with Gasteiger partial charge >= 0.3 is 5.97 Å². The molecule has 1 aromatic carbocycles. The fraction of sp³-hybridized carbons (Fsp3) is 0.579. The van der Waals surface area contributed by atoms with Gasteiger partial charge in [-0.3, -0.25) is 4.79 Å². The third-order valence-corrected chi connectivity index (χ3v) is 7.29. The van der Waals surface area contributed by atoms with Crippen LogP contribution in [0.4, 0.5) is 0 Å². The molecule has 1 N–H and O–H groups in total. The third kappa shape index (κ3) is 4.84. The first-order valence-electron chi connectivity index (χ1n) is 9.13. The van der Waals surface area contributed by atoms with Gasteiger partial charge in [-0.2, -0.15) is 0 Å². The number of rotatable bonds is 5. The monoisotopic (exact) mass is 379 g/mol. The molecule has 2 heterocycles. The molecule has 1 atom stereocenters. The van der Waals surface area contributed by atoms with Crippen molar-refractivity contribution in [3.63, 3.8) is 0 Å². The fourth-order valence-electron chi connectivity index (χ4n) is 3.96. The summed E-state index contributed by atoms with van der Waals surface area (Å²) in [6.45, 7) is 1.39. The van der Waals surface area contributed by atoms with Crippen molar-refractivity contribution in [2.75, 3.05) is 24.6 Å². The Morgan fingerprint density at radius 1 is 1.12 bits per heavy atom. The molecule has 0 aromatic heterocycles. The van der Waals surface area contributed by atoms with Crippen molar-refractivity contribution >= 4 is 21.7 Å². The molecule has 0 spiro atoms. The summed E-state index contributed by atoms with van der Waals surface area (Å²) in [5, 5.41) is 9.08. The van der Waals surface area contributed by atoms with Gasteiger partial charge in [-0.05, 0) is 55.2 Å². The summed E-state index contributed by atoms with van der Waals surface area (Å²) < 4.78 is 23.0. The second-order valence-corrected chi connectivity index (χ2v) is 9.74. The normalized spacial score (nSPS) is 23.1. The molecule has 142 valence electrons. The second kappa shape index (κ2) is 7.78. The molecule has 3 rings (SSSR count). The van der Waals surface area contributed by atoms with E-state index in [4.69, 9.17) is 5.11 Å². The van der Waals surface area contributed by atoms with Gasteiger partial charge in [0.15, 0.2) is 9.84 Å². The number of likely N-dealkylation sites (tertiary alicyclic amines) is 1. The van der Waals surface area contributed by atoms with E-state index in [-0.39, 0.29) is 23.3 Å². The average Bonchev–Trinajstić information content (AvgIpc) is 2.94. The summed E-state index contributed by atoms with van der Waals surface area (Å²) in [7, 11) is -2.94. The van der Waals surface area contributed by atoms with Crippen LogP contribution in [-0.2, 0) is 21.1 Å². The number of carbonyl (C=O) groups excluding carboxylic acids is 1. The van der Waals surface area contributed by atoms with Gasteiger partial charge in [-0.25, -0.2) is 13.2 Å². The van der Waals surface area contributed by atoms with Crippen LogP contribution in [0.15, 0.2) is 24.3 Å². The number of aromatic carboxylic acids is 1. The standard InChI is InChI=1S/C19H25NO5S/c21-18(12-16-6-9-26(24,25)13-16)20-7-4-14(5-8-20)10-15-2-1-3-17(11-15)19(22)23/h1-3,11,14,16H,4-10,12-13H2,(H,22,23)/t16-/m1/s1. The average molecular weight is 379 g/mol. The lowest BCUT2D eigenvalue weighted by Crippen LogP contribution is -2.39. The number of benzene rings is 1. The van der Waals surface area contributed by atoms with E-state index >= 15 is 0 Å². The van der Waals surface area contributed by atoms with Crippen LogP contribution < -0.4 is 0 Å². The van der Waals surface area contributed by atoms with E-state index in [2.05, 4.69) is 0 Å². The van der Waals surface area contributed by atoms with Crippen LogP contribution in [0, 0.1) is 11.8 Å². The van der Waals surface area contributed by atoms with E-state index in [0.29, 0.717) is 37.4 Å². The van der Waals surface area contributed by atoms with E-state index in [1.165, 1.54) is 0 Å². The molecule has 0 unspecified atom stereocenters. The van der Waals surface area contributed by atoms with Crippen LogP contribution in [0.3, 0.4) is 0 Å². The van der Waals surface area contributed by atoms with E-state index < -0.39 is 15.8 Å². The molecule has 2 aliphatic heterocycles. The Morgan fingerprint density at radius 2 is 1.85 bits per heavy atom. The molecule has 0 bridgehead atoms. The first-order chi connectivity index (χ1) is 12.3. The molecule has 2 saturated heterocycles. The van der Waals surface area contributed by atoms with Gasteiger partial charge in [0.05, 0.1) is 17.1 Å². The van der Waals surface area contributed by atoms with Crippen molar-refractivity contribution < 1.29 is 23.1 Å². The molecule has 2 fully saturated rings. The Labute approximate surface area is 154 Å². The lowest BCUT2D eigenvalue weighted by atomic mass is 9.89. The van der Waals surface area contributed by atoms with Crippen molar-refractivity contribution in [3.8, 4) is 0 Å². The van der Waals surface area contributed by atoms with Gasteiger partial charge in [0.1, 0.15) is 0 Å². The van der Waals surface area contributed by atoms with Crippen LogP contribution in [0.5, 0.6) is 0 Å². The SMILES string of the molecule is O=C(O)c1cccc(CC2CCN(C(=O)C[C@H]3CCS(=O)(=O)C3)CC2)c1. The van der Waals surface area contributed by atoms with Gasteiger partial charge in [-0.15, -0.1) is 0 Å². The van der Waals surface area contributed by atoms with Crippen LogP contribution >= 0.6 is 0 Å². The molecule has 0 radical (unpaired) electrons. The highest BCUT2D eigenvalue weighted by Gasteiger charge is 2.31. The number of carboxylic acids is 1. The summed E-state index contributed by atoms with van der Waals surface area (Å²) in [4.78, 5) is 25.3. The van der Waals surface area contributed by atoms with Crippen molar-refractivity contribution in [2.45, 2.75) is 32.1 Å². The van der Waals surface area contributed by atoms with E-state index in [0.717, 1.165) is 24.8 Å². The number of carboxylic acid groups (broad SMARTS) is 1. The van der Waals surface area contributed by atoms with Gasteiger partial charge in [0, 0.05) is 19.5 Å². The number of carbonyl (C=O) groups is 2. The lowest BCUT2D eigenvalue weighted by molar-refractivity contribution is -0.133. The smallest absolute Gasteiger partial charge is 0.335 e. The van der Waals surface area contributed by atoms with Crippen LogP contribution in [0.1, 0.15) is 41.6 Å². The van der Waals surface area contributed by atoms with Gasteiger partial charge < -0.3 is 10.0 Å². The predicted molar refractivity (Wildman–Crippen MR) is 97.8 cm³/mol. The minimum atomic E-state index is -2.94. The number of sulfone groups is 1. The highest BCUT2D eigenvalue weighted by molar-refractivity contribution is 7.91. The van der Waals surface area contributed by atoms with E-state index in [1.807, 2.05) is 11.0 Å². The number of nitrogens with zero attached hydrogens (tertiary/aromatic N) is 1. The minimum absolute atomic E-state index is 0.0241. The Kier molecular flexibility index (Phi) is 5.65. The molecule has 2 aliphatic rings. The highest BCUT2D eigenvalue weighted by Crippen LogP contribution is 2.26. The Hall–Kier alpha value is -1.89. The molecular formula is C19H25NO5S. The van der Waals surface area contributed by atoms with Crippen LogP contribution in [0.25, 0.3) is 0 Å². The first-order valence-corrected chi connectivity index (χ1v) is 10.9. The Bertz CT molecular complexity index is 781. The number of amides is 1. The molecule has 7 heteroatoms. The summed E-state index contributed by atoms with van der Waals surface area (Å²) in [5.74, 6) is -0.0732. The van der Waals surface area contributed by atoms with Crippen molar-refractivity contribution in [3.05, 3.63) is 35.4 Å². The zero-order chi connectivity index (χ0) is 18.7. The molecule has 0 aliphatic carbocycles. The Balaban J connectivity index is 1.47. The second-order valence-electron chi connectivity index (χ2n) is 7.51. The summed E-state index contributed by atoms with van der Waals surface area (Å²) in [6.07, 6.45) is 3.55. The molecule has 26 heavy (non-hydrogen) atoms. The van der Waals surface area contributed by atoms with Crippen molar-refractivity contribution in [1.29, 1.82) is 0 Å². The molecule has 1 aromatic rings. The maximum atomic E-state index is 12.4. The van der Waals surface area contributed by atoms with Gasteiger partial charge in [0.2, 0.25) is 5.91 Å². The first kappa shape index (κ1) is 18.9.